The van der Waals surface area contributed by atoms with Crippen LogP contribution in [0.25, 0.3) is 0 Å². The van der Waals surface area contributed by atoms with E-state index in [2.05, 4.69) is 21.2 Å². The molecule has 0 saturated carbocycles. The number of ether oxygens (including phenoxy) is 2. The summed E-state index contributed by atoms with van der Waals surface area (Å²) in [6, 6.07) is 5.53. The van der Waals surface area contributed by atoms with Gasteiger partial charge in [-0.3, -0.25) is 0 Å². The van der Waals surface area contributed by atoms with E-state index >= 15 is 0 Å². The van der Waals surface area contributed by atoms with Gasteiger partial charge in [0, 0.05) is 23.3 Å². The molecule has 0 aliphatic rings. The quantitative estimate of drug-likeness (QED) is 0.820. The minimum Gasteiger partial charge on any atom is -0.462 e. The van der Waals surface area contributed by atoms with Gasteiger partial charge in [-0.25, -0.2) is 4.79 Å². The maximum absolute atomic E-state index is 11.5. The second-order valence-corrected chi connectivity index (χ2v) is 4.77. The Morgan fingerprint density at radius 3 is 2.78 bits per heavy atom. The smallest absolute Gasteiger partial charge is 0.338 e. The van der Waals surface area contributed by atoms with Crippen LogP contribution >= 0.6 is 15.9 Å². The van der Waals surface area contributed by atoms with E-state index in [1.807, 2.05) is 13.0 Å². The molecule has 0 aliphatic heterocycles. The number of esters is 1. The Bertz CT molecular complexity index is 409. The van der Waals surface area contributed by atoms with Crippen LogP contribution < -0.4 is 5.32 Å². The predicted molar refractivity (Wildman–Crippen MR) is 75.1 cm³/mol. The van der Waals surface area contributed by atoms with Crippen molar-refractivity contribution in [1.82, 2.24) is 0 Å². The van der Waals surface area contributed by atoms with Gasteiger partial charge in [0.1, 0.15) is 0 Å². The number of rotatable bonds is 6. The average Bonchev–Trinajstić information content (AvgIpc) is 2.32. The third-order valence-electron chi connectivity index (χ3n) is 2.30. The average molecular weight is 316 g/mol. The Hall–Kier alpha value is -1.07. The predicted octanol–water partition coefficient (Wildman–Crippen LogP) is 3.07. The monoisotopic (exact) mass is 315 g/mol. The number of methoxy groups -OCH3 is 1. The first kappa shape index (κ1) is 15.0. The molecule has 0 aromatic heterocycles. The molecule has 1 atom stereocenters. The second-order valence-electron chi connectivity index (χ2n) is 3.92. The van der Waals surface area contributed by atoms with Crippen LogP contribution in [0.3, 0.4) is 0 Å². The van der Waals surface area contributed by atoms with Gasteiger partial charge in [-0.1, -0.05) is 0 Å². The number of anilines is 1. The van der Waals surface area contributed by atoms with Gasteiger partial charge in [0.15, 0.2) is 0 Å². The number of carbonyl (C=O) groups is 1. The lowest BCUT2D eigenvalue weighted by Crippen LogP contribution is -2.21. The van der Waals surface area contributed by atoms with E-state index in [0.29, 0.717) is 18.8 Å². The molecule has 0 amide bonds. The molecule has 100 valence electrons. The van der Waals surface area contributed by atoms with Crippen LogP contribution in [0.5, 0.6) is 0 Å². The molecule has 1 unspecified atom stereocenters. The number of benzene rings is 1. The van der Waals surface area contributed by atoms with E-state index in [9.17, 15) is 4.79 Å². The van der Waals surface area contributed by atoms with E-state index in [4.69, 9.17) is 9.47 Å². The van der Waals surface area contributed by atoms with Crippen molar-refractivity contribution in [2.24, 2.45) is 0 Å². The lowest BCUT2D eigenvalue weighted by molar-refractivity contribution is 0.0526. The second kappa shape index (κ2) is 7.38. The molecule has 1 rings (SSSR count). The molecular weight excluding hydrogens is 298 g/mol. The zero-order valence-corrected chi connectivity index (χ0v) is 12.4. The van der Waals surface area contributed by atoms with Crippen LogP contribution in [-0.2, 0) is 9.47 Å². The SMILES string of the molecule is CCOC(=O)c1ccc(NC(C)COC)c(Br)c1. The third kappa shape index (κ3) is 4.31. The van der Waals surface area contributed by atoms with Crippen LogP contribution in [-0.4, -0.2) is 32.3 Å². The summed E-state index contributed by atoms with van der Waals surface area (Å²) >= 11 is 3.44. The molecule has 0 radical (unpaired) electrons. The van der Waals surface area contributed by atoms with E-state index < -0.39 is 0 Å². The highest BCUT2D eigenvalue weighted by atomic mass is 79.9. The maximum Gasteiger partial charge on any atom is 0.338 e. The highest BCUT2D eigenvalue weighted by molar-refractivity contribution is 9.10. The summed E-state index contributed by atoms with van der Waals surface area (Å²) in [5.74, 6) is -0.310. The summed E-state index contributed by atoms with van der Waals surface area (Å²) in [7, 11) is 1.66. The van der Waals surface area contributed by atoms with Crippen molar-refractivity contribution in [1.29, 1.82) is 0 Å². The van der Waals surface area contributed by atoms with E-state index in [0.717, 1.165) is 10.2 Å². The van der Waals surface area contributed by atoms with Gasteiger partial charge in [-0.15, -0.1) is 0 Å². The molecular formula is C13H18BrNO3. The summed E-state index contributed by atoms with van der Waals surface area (Å²) in [5, 5.41) is 3.29. The van der Waals surface area contributed by atoms with Crippen LogP contribution in [0, 0.1) is 0 Å². The molecule has 1 aromatic rings. The van der Waals surface area contributed by atoms with Crippen LogP contribution in [0.2, 0.25) is 0 Å². The molecule has 0 saturated heterocycles. The van der Waals surface area contributed by atoms with E-state index in [-0.39, 0.29) is 12.0 Å². The molecule has 4 nitrogen and oxygen atoms in total. The van der Waals surface area contributed by atoms with Gasteiger partial charge in [-0.2, -0.15) is 0 Å². The Labute approximate surface area is 116 Å². The number of hydrogen-bond donors (Lipinski definition) is 1. The van der Waals surface area contributed by atoms with Gasteiger partial charge in [0.2, 0.25) is 0 Å². The summed E-state index contributed by atoms with van der Waals surface area (Å²) in [4.78, 5) is 11.5. The maximum atomic E-state index is 11.5. The van der Waals surface area contributed by atoms with Gasteiger partial charge < -0.3 is 14.8 Å². The number of halogens is 1. The summed E-state index contributed by atoms with van der Waals surface area (Å²) in [6.07, 6.45) is 0. The Morgan fingerprint density at radius 1 is 1.50 bits per heavy atom. The standard InChI is InChI=1S/C13H18BrNO3/c1-4-18-13(16)10-5-6-12(11(14)7-10)15-9(2)8-17-3/h5-7,9,15H,4,8H2,1-3H3. The minimum atomic E-state index is -0.310. The molecule has 18 heavy (non-hydrogen) atoms. The van der Waals surface area contributed by atoms with Crippen molar-refractivity contribution < 1.29 is 14.3 Å². The summed E-state index contributed by atoms with van der Waals surface area (Å²) in [6.45, 7) is 4.80. The van der Waals surface area contributed by atoms with Gasteiger partial charge in [0.05, 0.1) is 18.8 Å². The van der Waals surface area contributed by atoms with Crippen LogP contribution in [0.4, 0.5) is 5.69 Å². The topological polar surface area (TPSA) is 47.6 Å². The highest BCUT2D eigenvalue weighted by Crippen LogP contribution is 2.24. The van der Waals surface area contributed by atoms with Crippen molar-refractivity contribution in [3.63, 3.8) is 0 Å². The molecule has 1 aromatic carbocycles. The normalized spacial score (nSPS) is 12.0. The Kier molecular flexibility index (Phi) is 6.15. The number of hydrogen-bond acceptors (Lipinski definition) is 4. The lowest BCUT2D eigenvalue weighted by atomic mass is 10.2. The first-order valence-corrected chi connectivity index (χ1v) is 6.60. The number of nitrogens with one attached hydrogen (secondary N) is 1. The molecule has 0 spiro atoms. The van der Waals surface area contributed by atoms with Crippen molar-refractivity contribution in [3.05, 3.63) is 28.2 Å². The molecule has 1 N–H and O–H groups in total. The number of carbonyl (C=O) groups excluding carboxylic acids is 1. The lowest BCUT2D eigenvalue weighted by Gasteiger charge is -2.16. The van der Waals surface area contributed by atoms with Gasteiger partial charge >= 0.3 is 5.97 Å². The highest BCUT2D eigenvalue weighted by Gasteiger charge is 2.10. The van der Waals surface area contributed by atoms with Crippen LogP contribution in [0.1, 0.15) is 24.2 Å². The van der Waals surface area contributed by atoms with E-state index in [1.165, 1.54) is 0 Å². The zero-order chi connectivity index (χ0) is 13.5. The molecule has 0 heterocycles. The van der Waals surface area contributed by atoms with Gasteiger partial charge in [-0.05, 0) is 48.0 Å². The summed E-state index contributed by atoms with van der Waals surface area (Å²) < 4.78 is 10.8. The fourth-order valence-corrected chi connectivity index (χ4v) is 2.02. The molecule has 0 aliphatic carbocycles. The summed E-state index contributed by atoms with van der Waals surface area (Å²) in [5.41, 5.74) is 1.46. The largest absolute Gasteiger partial charge is 0.462 e. The van der Waals surface area contributed by atoms with Crippen molar-refractivity contribution in [2.75, 3.05) is 25.6 Å². The molecule has 5 heteroatoms. The van der Waals surface area contributed by atoms with Crippen LogP contribution in [0.15, 0.2) is 22.7 Å². The van der Waals surface area contributed by atoms with E-state index in [1.54, 1.807) is 26.2 Å². The van der Waals surface area contributed by atoms with Crippen molar-refractivity contribution >= 4 is 27.6 Å². The first-order valence-electron chi connectivity index (χ1n) is 5.80. The van der Waals surface area contributed by atoms with Crippen molar-refractivity contribution in [2.45, 2.75) is 19.9 Å². The molecule has 0 fully saturated rings. The zero-order valence-electron chi connectivity index (χ0n) is 10.8. The minimum absolute atomic E-state index is 0.194. The fraction of sp³-hybridized carbons (Fsp3) is 0.462. The molecule has 0 bridgehead atoms. The Morgan fingerprint density at radius 2 is 2.22 bits per heavy atom. The fourth-order valence-electron chi connectivity index (χ4n) is 1.53. The first-order chi connectivity index (χ1) is 8.58. The Balaban J connectivity index is 2.76. The van der Waals surface area contributed by atoms with Gasteiger partial charge in [0.25, 0.3) is 0 Å². The third-order valence-corrected chi connectivity index (χ3v) is 2.95. The van der Waals surface area contributed by atoms with Crippen molar-refractivity contribution in [3.8, 4) is 0 Å².